The van der Waals surface area contributed by atoms with Gasteiger partial charge in [0.25, 0.3) is 5.91 Å². The van der Waals surface area contributed by atoms with Crippen LogP contribution in [0.25, 0.3) is 11.3 Å². The molecule has 3 aromatic heterocycles. The average Bonchev–Trinajstić information content (AvgIpc) is 3.23. The molecule has 1 saturated heterocycles. The lowest BCUT2D eigenvalue weighted by Crippen LogP contribution is -2.37. The minimum atomic E-state index is -3.70. The summed E-state index contributed by atoms with van der Waals surface area (Å²) >= 11 is 0. The van der Waals surface area contributed by atoms with E-state index in [-0.39, 0.29) is 29.6 Å². The second-order valence-corrected chi connectivity index (χ2v) is 9.37. The fourth-order valence-electron chi connectivity index (χ4n) is 3.78. The van der Waals surface area contributed by atoms with Crippen molar-refractivity contribution in [2.75, 3.05) is 26.2 Å². The van der Waals surface area contributed by atoms with Crippen LogP contribution in [0.15, 0.2) is 40.0 Å². The molecule has 0 aromatic carbocycles. The molecule has 0 bridgehead atoms. The maximum atomic E-state index is 13.2. The van der Waals surface area contributed by atoms with Crippen molar-refractivity contribution in [2.45, 2.75) is 25.2 Å². The number of rotatable bonds is 4. The molecule has 0 atom stereocenters. The molecule has 31 heavy (non-hydrogen) atoms. The Morgan fingerprint density at radius 2 is 1.97 bits per heavy atom. The third-order valence-corrected chi connectivity index (χ3v) is 7.61. The fraction of sp³-hybridized carbons (Fsp3) is 0.400. The Morgan fingerprint density at radius 1 is 1.16 bits per heavy atom. The van der Waals surface area contributed by atoms with Crippen molar-refractivity contribution in [3.05, 3.63) is 47.7 Å². The highest BCUT2D eigenvalue weighted by Gasteiger charge is 2.33. The number of sulfonamides is 1. The minimum absolute atomic E-state index is 0.189. The second kappa shape index (κ2) is 8.23. The number of aryl methyl sites for hydroxylation is 2. The molecule has 1 aliphatic heterocycles. The van der Waals surface area contributed by atoms with Crippen LogP contribution in [0, 0.1) is 13.8 Å². The van der Waals surface area contributed by atoms with Gasteiger partial charge in [0, 0.05) is 57.3 Å². The van der Waals surface area contributed by atoms with E-state index in [0.717, 1.165) is 5.56 Å². The van der Waals surface area contributed by atoms with Gasteiger partial charge >= 0.3 is 0 Å². The van der Waals surface area contributed by atoms with Gasteiger partial charge in [0.2, 0.25) is 10.0 Å². The molecule has 3 aromatic rings. The number of nitrogens with zero attached hydrogens (tertiary/aromatic N) is 6. The van der Waals surface area contributed by atoms with Gasteiger partial charge in [-0.3, -0.25) is 14.5 Å². The molecule has 164 valence electrons. The van der Waals surface area contributed by atoms with E-state index in [2.05, 4.69) is 15.2 Å². The van der Waals surface area contributed by atoms with E-state index in [0.29, 0.717) is 36.7 Å². The molecular weight excluding hydrogens is 420 g/mol. The number of amides is 1. The lowest BCUT2D eigenvalue weighted by Gasteiger charge is -2.21. The van der Waals surface area contributed by atoms with Gasteiger partial charge in [0.05, 0.1) is 11.4 Å². The Labute approximate surface area is 180 Å². The van der Waals surface area contributed by atoms with Crippen molar-refractivity contribution in [1.82, 2.24) is 29.1 Å². The Hall–Kier alpha value is -3.05. The topological polar surface area (TPSA) is 114 Å². The van der Waals surface area contributed by atoms with Crippen LogP contribution in [-0.4, -0.2) is 69.6 Å². The Balaban J connectivity index is 1.49. The predicted molar refractivity (Wildman–Crippen MR) is 112 cm³/mol. The molecule has 0 unspecified atom stereocenters. The molecule has 0 saturated carbocycles. The maximum Gasteiger partial charge on any atom is 0.276 e. The van der Waals surface area contributed by atoms with Crippen molar-refractivity contribution in [3.63, 3.8) is 0 Å². The van der Waals surface area contributed by atoms with Gasteiger partial charge in [-0.1, -0.05) is 5.16 Å². The van der Waals surface area contributed by atoms with Crippen LogP contribution in [0.4, 0.5) is 0 Å². The standard InChI is InChI=1S/C20H24N6O4S/c1-14-19(15(2)24(3)22-14)31(28,29)26-9-5-8-25(10-11-26)20(27)17-12-18(30-23-17)16-6-4-7-21-13-16/h4,6-7,12-13H,5,8-11H2,1-3H3. The van der Waals surface area contributed by atoms with E-state index < -0.39 is 10.0 Å². The molecule has 0 N–H and O–H groups in total. The summed E-state index contributed by atoms with van der Waals surface area (Å²) < 4.78 is 34.8. The van der Waals surface area contributed by atoms with Crippen LogP contribution in [0.3, 0.4) is 0 Å². The third-order valence-electron chi connectivity index (χ3n) is 5.46. The highest BCUT2D eigenvalue weighted by molar-refractivity contribution is 7.89. The molecular formula is C20H24N6O4S. The first-order valence-electron chi connectivity index (χ1n) is 9.96. The molecule has 0 spiro atoms. The molecule has 4 rings (SSSR count). The molecule has 10 nitrogen and oxygen atoms in total. The van der Waals surface area contributed by atoms with Crippen LogP contribution in [0.1, 0.15) is 28.3 Å². The molecule has 0 aliphatic carbocycles. The zero-order chi connectivity index (χ0) is 22.2. The normalized spacial score (nSPS) is 15.8. The SMILES string of the molecule is Cc1nn(C)c(C)c1S(=O)(=O)N1CCCN(C(=O)c2cc(-c3cccnc3)on2)CC1. The van der Waals surface area contributed by atoms with E-state index in [1.54, 1.807) is 55.0 Å². The minimum Gasteiger partial charge on any atom is -0.355 e. The van der Waals surface area contributed by atoms with E-state index in [4.69, 9.17) is 4.52 Å². The highest BCUT2D eigenvalue weighted by atomic mass is 32.2. The first-order valence-corrected chi connectivity index (χ1v) is 11.4. The summed E-state index contributed by atoms with van der Waals surface area (Å²) in [6.07, 6.45) is 3.81. The molecule has 4 heterocycles. The molecule has 1 aliphatic rings. The first-order chi connectivity index (χ1) is 14.8. The number of aromatic nitrogens is 4. The number of hydrogen-bond acceptors (Lipinski definition) is 7. The largest absolute Gasteiger partial charge is 0.355 e. The smallest absolute Gasteiger partial charge is 0.276 e. The van der Waals surface area contributed by atoms with Crippen molar-refractivity contribution < 1.29 is 17.7 Å². The van der Waals surface area contributed by atoms with Crippen LogP contribution in [0.2, 0.25) is 0 Å². The number of carbonyl (C=O) groups is 1. The maximum absolute atomic E-state index is 13.2. The summed E-state index contributed by atoms with van der Waals surface area (Å²) in [5.74, 6) is 0.171. The van der Waals surface area contributed by atoms with Gasteiger partial charge in [-0.15, -0.1) is 0 Å². The van der Waals surface area contributed by atoms with Gasteiger partial charge in [-0.25, -0.2) is 8.42 Å². The summed E-state index contributed by atoms with van der Waals surface area (Å²) in [5, 5.41) is 8.13. The summed E-state index contributed by atoms with van der Waals surface area (Å²) in [7, 11) is -1.98. The molecule has 11 heteroatoms. The van der Waals surface area contributed by atoms with Crippen LogP contribution < -0.4 is 0 Å². The van der Waals surface area contributed by atoms with Gasteiger partial charge in [-0.2, -0.15) is 9.40 Å². The van der Waals surface area contributed by atoms with Gasteiger partial charge in [-0.05, 0) is 32.4 Å². The summed E-state index contributed by atoms with van der Waals surface area (Å²) in [6, 6.07) is 5.18. The summed E-state index contributed by atoms with van der Waals surface area (Å²) in [5.41, 5.74) is 1.99. The fourth-order valence-corrected chi connectivity index (χ4v) is 5.65. The molecule has 1 amide bonds. The van der Waals surface area contributed by atoms with Crippen molar-refractivity contribution in [3.8, 4) is 11.3 Å². The zero-order valence-corrected chi connectivity index (χ0v) is 18.5. The summed E-state index contributed by atoms with van der Waals surface area (Å²) in [6.45, 7) is 4.67. The van der Waals surface area contributed by atoms with E-state index in [1.165, 1.54) is 4.31 Å². The van der Waals surface area contributed by atoms with E-state index in [1.807, 2.05) is 6.07 Å². The van der Waals surface area contributed by atoms with Crippen molar-refractivity contribution >= 4 is 15.9 Å². The Kier molecular flexibility index (Phi) is 5.63. The third kappa shape index (κ3) is 3.98. The highest BCUT2D eigenvalue weighted by Crippen LogP contribution is 2.25. The monoisotopic (exact) mass is 444 g/mol. The average molecular weight is 445 g/mol. The van der Waals surface area contributed by atoms with Crippen molar-refractivity contribution in [1.29, 1.82) is 0 Å². The quantitative estimate of drug-likeness (QED) is 0.601. The summed E-state index contributed by atoms with van der Waals surface area (Å²) in [4.78, 5) is 18.8. The number of carbonyl (C=O) groups excluding carboxylic acids is 1. The van der Waals surface area contributed by atoms with Crippen LogP contribution in [0.5, 0.6) is 0 Å². The molecule has 0 radical (unpaired) electrons. The Morgan fingerprint density at radius 3 is 2.65 bits per heavy atom. The lowest BCUT2D eigenvalue weighted by molar-refractivity contribution is 0.0754. The zero-order valence-electron chi connectivity index (χ0n) is 17.6. The second-order valence-electron chi connectivity index (χ2n) is 7.49. The van der Waals surface area contributed by atoms with Gasteiger partial charge < -0.3 is 9.42 Å². The van der Waals surface area contributed by atoms with Gasteiger partial charge in [0.1, 0.15) is 4.90 Å². The van der Waals surface area contributed by atoms with Crippen molar-refractivity contribution in [2.24, 2.45) is 7.05 Å². The molecule has 1 fully saturated rings. The Bertz CT molecular complexity index is 1200. The lowest BCUT2D eigenvalue weighted by atomic mass is 10.2. The van der Waals surface area contributed by atoms with Crippen LogP contribution >= 0.6 is 0 Å². The van der Waals surface area contributed by atoms with E-state index in [9.17, 15) is 13.2 Å². The first kappa shape index (κ1) is 21.2. The van der Waals surface area contributed by atoms with E-state index >= 15 is 0 Å². The van der Waals surface area contributed by atoms with Gasteiger partial charge in [0.15, 0.2) is 11.5 Å². The number of hydrogen-bond donors (Lipinski definition) is 0. The predicted octanol–water partition coefficient (Wildman–Crippen LogP) is 1.62. The van der Waals surface area contributed by atoms with Crippen LogP contribution in [-0.2, 0) is 17.1 Å². The number of pyridine rings is 1.